The fourth-order valence-corrected chi connectivity index (χ4v) is 0.988. The number of rotatable bonds is 5. The number of hydrogen-bond donors (Lipinski definition) is 1. The van der Waals surface area contributed by atoms with Gasteiger partial charge < -0.3 is 9.84 Å². The molecule has 0 amide bonds. The summed E-state index contributed by atoms with van der Waals surface area (Å²) in [4.78, 5) is 0. The molecule has 0 fully saturated rings. The smallest absolute Gasteiger partial charge is 0.157 e. The zero-order valence-corrected chi connectivity index (χ0v) is 8.97. The van der Waals surface area contributed by atoms with Gasteiger partial charge >= 0.3 is 0 Å². The first-order chi connectivity index (χ1) is 6.63. The minimum atomic E-state index is -0.391. The van der Waals surface area contributed by atoms with Crippen LogP contribution in [0.1, 0.15) is 33.2 Å². The van der Waals surface area contributed by atoms with Gasteiger partial charge in [0.25, 0.3) is 0 Å². The van der Waals surface area contributed by atoms with Gasteiger partial charge in [0.2, 0.25) is 0 Å². The topological polar surface area (TPSA) is 47.3 Å². The van der Waals surface area contributed by atoms with Crippen molar-refractivity contribution in [1.29, 1.82) is 0 Å². The van der Waals surface area contributed by atoms with Gasteiger partial charge in [-0.3, -0.25) is 4.68 Å². The van der Waals surface area contributed by atoms with E-state index in [0.29, 0.717) is 24.8 Å². The van der Waals surface area contributed by atoms with E-state index < -0.39 is 6.10 Å². The van der Waals surface area contributed by atoms with E-state index in [4.69, 9.17) is 4.74 Å². The lowest BCUT2D eigenvalue weighted by atomic mass is 10.3. The molecule has 1 unspecified atom stereocenters. The molecule has 4 heteroatoms. The number of aliphatic hydroxyl groups is 1. The van der Waals surface area contributed by atoms with Gasteiger partial charge in [-0.15, -0.1) is 0 Å². The van der Waals surface area contributed by atoms with Gasteiger partial charge in [0.15, 0.2) is 5.75 Å². The number of ether oxygens (including phenoxy) is 1. The van der Waals surface area contributed by atoms with Crippen molar-refractivity contribution in [2.24, 2.45) is 0 Å². The standard InChI is InChI=1S/C10H18N2O2/c1-4-9(13)7-14-10-5-11-12(6-10)8(2)3/h5-6,8-9,13H,4,7H2,1-3H3. The minimum Gasteiger partial charge on any atom is -0.488 e. The van der Waals surface area contributed by atoms with Crippen LogP contribution < -0.4 is 4.74 Å². The van der Waals surface area contributed by atoms with E-state index in [-0.39, 0.29) is 0 Å². The molecule has 0 spiro atoms. The highest BCUT2D eigenvalue weighted by Gasteiger charge is 2.05. The summed E-state index contributed by atoms with van der Waals surface area (Å²) in [5, 5.41) is 13.4. The van der Waals surface area contributed by atoms with Gasteiger partial charge in [0.05, 0.1) is 18.5 Å². The van der Waals surface area contributed by atoms with Crippen LogP contribution >= 0.6 is 0 Å². The van der Waals surface area contributed by atoms with Crippen LogP contribution in [0.15, 0.2) is 12.4 Å². The average Bonchev–Trinajstić information content (AvgIpc) is 2.62. The zero-order chi connectivity index (χ0) is 10.6. The molecule has 0 bridgehead atoms. The van der Waals surface area contributed by atoms with E-state index in [0.717, 1.165) is 0 Å². The first kappa shape index (κ1) is 11.0. The summed E-state index contributed by atoms with van der Waals surface area (Å²) in [7, 11) is 0. The molecule has 1 heterocycles. The highest BCUT2D eigenvalue weighted by molar-refractivity contribution is 5.12. The molecule has 1 N–H and O–H groups in total. The van der Waals surface area contributed by atoms with Crippen LogP contribution in [0.5, 0.6) is 5.75 Å². The summed E-state index contributed by atoms with van der Waals surface area (Å²) < 4.78 is 7.18. The Morgan fingerprint density at radius 1 is 1.57 bits per heavy atom. The summed E-state index contributed by atoms with van der Waals surface area (Å²) in [5.41, 5.74) is 0. The SMILES string of the molecule is CCC(O)COc1cnn(C(C)C)c1. The Morgan fingerprint density at radius 3 is 2.79 bits per heavy atom. The molecule has 1 atom stereocenters. The number of nitrogens with zero attached hydrogens (tertiary/aromatic N) is 2. The second-order valence-corrected chi connectivity index (χ2v) is 3.62. The van der Waals surface area contributed by atoms with Crippen LogP contribution in [0.3, 0.4) is 0 Å². The van der Waals surface area contributed by atoms with Crippen LogP contribution in [0.4, 0.5) is 0 Å². The summed E-state index contributed by atoms with van der Waals surface area (Å²) >= 11 is 0. The quantitative estimate of drug-likeness (QED) is 0.782. The summed E-state index contributed by atoms with van der Waals surface area (Å²) in [6, 6.07) is 0.337. The predicted molar refractivity (Wildman–Crippen MR) is 54.4 cm³/mol. The molecule has 0 aliphatic heterocycles. The van der Waals surface area contributed by atoms with E-state index in [1.807, 2.05) is 17.8 Å². The highest BCUT2D eigenvalue weighted by atomic mass is 16.5. The van der Waals surface area contributed by atoms with Crippen molar-refractivity contribution in [2.45, 2.75) is 39.3 Å². The second kappa shape index (κ2) is 5.00. The van der Waals surface area contributed by atoms with E-state index in [1.54, 1.807) is 6.20 Å². The Bertz CT molecular complexity index is 271. The van der Waals surface area contributed by atoms with Gasteiger partial charge in [0, 0.05) is 6.04 Å². The molecule has 1 rings (SSSR count). The Morgan fingerprint density at radius 2 is 2.29 bits per heavy atom. The first-order valence-electron chi connectivity index (χ1n) is 4.98. The van der Waals surface area contributed by atoms with Crippen molar-refractivity contribution in [3.8, 4) is 5.75 Å². The molecule has 0 saturated carbocycles. The van der Waals surface area contributed by atoms with Crippen molar-refractivity contribution < 1.29 is 9.84 Å². The van der Waals surface area contributed by atoms with Gasteiger partial charge in [-0.25, -0.2) is 0 Å². The van der Waals surface area contributed by atoms with Crippen LogP contribution in [0.2, 0.25) is 0 Å². The van der Waals surface area contributed by atoms with Crippen LogP contribution in [-0.4, -0.2) is 27.6 Å². The molecular weight excluding hydrogens is 180 g/mol. The highest BCUT2D eigenvalue weighted by Crippen LogP contribution is 2.12. The Hall–Kier alpha value is -1.03. The van der Waals surface area contributed by atoms with Crippen LogP contribution in [-0.2, 0) is 0 Å². The molecule has 0 aromatic carbocycles. The maximum absolute atomic E-state index is 9.28. The molecule has 80 valence electrons. The average molecular weight is 198 g/mol. The molecule has 1 aromatic rings. The maximum atomic E-state index is 9.28. The molecule has 14 heavy (non-hydrogen) atoms. The summed E-state index contributed by atoms with van der Waals surface area (Å²) in [5.74, 6) is 0.714. The van der Waals surface area contributed by atoms with Crippen molar-refractivity contribution in [3.63, 3.8) is 0 Å². The Kier molecular flexibility index (Phi) is 3.95. The zero-order valence-electron chi connectivity index (χ0n) is 8.97. The number of aromatic nitrogens is 2. The normalized spacial score (nSPS) is 13.2. The molecule has 0 aliphatic rings. The largest absolute Gasteiger partial charge is 0.488 e. The van der Waals surface area contributed by atoms with E-state index in [1.165, 1.54) is 0 Å². The first-order valence-corrected chi connectivity index (χ1v) is 4.98. The molecule has 0 radical (unpaired) electrons. The lowest BCUT2D eigenvalue weighted by Crippen LogP contribution is -2.15. The third-order valence-corrected chi connectivity index (χ3v) is 2.02. The fourth-order valence-electron chi connectivity index (χ4n) is 0.988. The monoisotopic (exact) mass is 198 g/mol. The lowest BCUT2D eigenvalue weighted by Gasteiger charge is -2.08. The molecule has 1 aromatic heterocycles. The van der Waals surface area contributed by atoms with Gasteiger partial charge in [-0.05, 0) is 20.3 Å². The van der Waals surface area contributed by atoms with Crippen molar-refractivity contribution >= 4 is 0 Å². The fraction of sp³-hybridized carbons (Fsp3) is 0.700. The van der Waals surface area contributed by atoms with Crippen LogP contribution in [0.25, 0.3) is 0 Å². The minimum absolute atomic E-state index is 0.334. The number of aliphatic hydroxyl groups excluding tert-OH is 1. The Labute approximate surface area is 84.5 Å². The van der Waals surface area contributed by atoms with Crippen molar-refractivity contribution in [2.75, 3.05) is 6.61 Å². The van der Waals surface area contributed by atoms with Crippen molar-refractivity contribution in [1.82, 2.24) is 9.78 Å². The van der Waals surface area contributed by atoms with Crippen LogP contribution in [0, 0.1) is 0 Å². The lowest BCUT2D eigenvalue weighted by molar-refractivity contribution is 0.104. The molecule has 0 saturated heterocycles. The summed E-state index contributed by atoms with van der Waals surface area (Å²) in [6.07, 6.45) is 3.82. The third kappa shape index (κ3) is 3.03. The molecule has 0 aliphatic carbocycles. The van der Waals surface area contributed by atoms with E-state index in [2.05, 4.69) is 18.9 Å². The van der Waals surface area contributed by atoms with Crippen molar-refractivity contribution in [3.05, 3.63) is 12.4 Å². The third-order valence-electron chi connectivity index (χ3n) is 2.02. The molecular formula is C10H18N2O2. The van der Waals surface area contributed by atoms with E-state index in [9.17, 15) is 5.11 Å². The number of hydrogen-bond acceptors (Lipinski definition) is 3. The predicted octanol–water partition coefficient (Wildman–Crippen LogP) is 1.61. The second-order valence-electron chi connectivity index (χ2n) is 3.62. The Balaban J connectivity index is 2.44. The van der Waals surface area contributed by atoms with Gasteiger partial charge in [-0.2, -0.15) is 5.10 Å². The summed E-state index contributed by atoms with van der Waals surface area (Å²) in [6.45, 7) is 6.36. The molecule has 4 nitrogen and oxygen atoms in total. The van der Waals surface area contributed by atoms with Gasteiger partial charge in [-0.1, -0.05) is 6.92 Å². The maximum Gasteiger partial charge on any atom is 0.157 e. The van der Waals surface area contributed by atoms with Gasteiger partial charge in [0.1, 0.15) is 6.61 Å². The van der Waals surface area contributed by atoms with E-state index >= 15 is 0 Å².